The summed E-state index contributed by atoms with van der Waals surface area (Å²) in [4.78, 5) is 0. The fourth-order valence-electron chi connectivity index (χ4n) is 1.83. The van der Waals surface area contributed by atoms with Crippen LogP contribution in [0.1, 0.15) is 23.7 Å². The van der Waals surface area contributed by atoms with E-state index in [2.05, 4.69) is 0 Å². The number of rotatable bonds is 0. The van der Waals surface area contributed by atoms with Gasteiger partial charge in [-0.1, -0.05) is 23.7 Å². The molecule has 1 aromatic carbocycles. The maximum absolute atomic E-state index is 9.80. The Morgan fingerprint density at radius 2 is 2.23 bits per heavy atom. The summed E-state index contributed by atoms with van der Waals surface area (Å²) >= 11 is 5.99. The Bertz CT molecular complexity index is 327. The first-order chi connectivity index (χ1) is 6.20. The monoisotopic (exact) mass is 197 g/mol. The van der Waals surface area contributed by atoms with E-state index >= 15 is 0 Å². The van der Waals surface area contributed by atoms with Crippen LogP contribution >= 0.6 is 11.6 Å². The first kappa shape index (κ1) is 9.00. The zero-order chi connectivity index (χ0) is 9.42. The van der Waals surface area contributed by atoms with E-state index in [1.807, 2.05) is 12.1 Å². The zero-order valence-electron chi connectivity index (χ0n) is 7.20. The lowest BCUT2D eigenvalue weighted by molar-refractivity contribution is 0.134. The van der Waals surface area contributed by atoms with Crippen LogP contribution in [0.25, 0.3) is 0 Å². The van der Waals surface area contributed by atoms with Crippen LogP contribution in [-0.4, -0.2) is 11.1 Å². The van der Waals surface area contributed by atoms with Crippen LogP contribution in [0.3, 0.4) is 0 Å². The molecule has 2 unspecified atom stereocenters. The van der Waals surface area contributed by atoms with Gasteiger partial charge in [-0.3, -0.25) is 0 Å². The normalized spacial score (nSPS) is 27.0. The van der Waals surface area contributed by atoms with Crippen LogP contribution in [0.4, 0.5) is 0 Å². The minimum atomic E-state index is -0.600. The van der Waals surface area contributed by atoms with Crippen LogP contribution in [0.2, 0.25) is 5.02 Å². The minimum Gasteiger partial charge on any atom is -0.387 e. The standard InChI is InChI=1S/C10H12ClNO/c11-7-3-1-2-6-4-5-8(12)10(13)9(6)7/h1-3,8,10,13H,4-5,12H2. The molecule has 1 aliphatic rings. The number of nitrogens with two attached hydrogens (primary N) is 1. The number of hydrogen-bond donors (Lipinski definition) is 2. The van der Waals surface area contributed by atoms with Gasteiger partial charge in [0.05, 0.1) is 6.10 Å². The quantitative estimate of drug-likeness (QED) is 0.665. The van der Waals surface area contributed by atoms with Crippen molar-refractivity contribution in [2.24, 2.45) is 5.73 Å². The van der Waals surface area contributed by atoms with Crippen molar-refractivity contribution in [1.82, 2.24) is 0 Å². The number of halogens is 1. The second-order valence-electron chi connectivity index (χ2n) is 3.46. The Labute approximate surface area is 82.3 Å². The summed E-state index contributed by atoms with van der Waals surface area (Å²) in [7, 11) is 0. The van der Waals surface area contributed by atoms with E-state index in [-0.39, 0.29) is 6.04 Å². The molecule has 0 fully saturated rings. The highest BCUT2D eigenvalue weighted by molar-refractivity contribution is 6.31. The first-order valence-corrected chi connectivity index (χ1v) is 4.79. The number of fused-ring (bicyclic) bond motifs is 1. The predicted octanol–water partition coefficient (Wildman–Crippen LogP) is 1.65. The molecule has 70 valence electrons. The van der Waals surface area contributed by atoms with Crippen LogP contribution < -0.4 is 5.73 Å². The van der Waals surface area contributed by atoms with Gasteiger partial charge in [-0.15, -0.1) is 0 Å². The summed E-state index contributed by atoms with van der Waals surface area (Å²) in [5.41, 5.74) is 7.70. The summed E-state index contributed by atoms with van der Waals surface area (Å²) in [6, 6.07) is 5.52. The SMILES string of the molecule is NC1CCc2cccc(Cl)c2C1O. The molecule has 0 aromatic heterocycles. The third-order valence-electron chi connectivity index (χ3n) is 2.59. The fraction of sp³-hybridized carbons (Fsp3) is 0.400. The Balaban J connectivity index is 2.51. The lowest BCUT2D eigenvalue weighted by Crippen LogP contribution is -2.33. The van der Waals surface area contributed by atoms with Crippen molar-refractivity contribution in [2.75, 3.05) is 0 Å². The van der Waals surface area contributed by atoms with Gasteiger partial charge < -0.3 is 10.8 Å². The highest BCUT2D eigenvalue weighted by atomic mass is 35.5. The first-order valence-electron chi connectivity index (χ1n) is 4.41. The molecular weight excluding hydrogens is 186 g/mol. The van der Waals surface area contributed by atoms with Crippen molar-refractivity contribution in [1.29, 1.82) is 0 Å². The van der Waals surface area contributed by atoms with E-state index < -0.39 is 6.10 Å². The van der Waals surface area contributed by atoms with Crippen LogP contribution in [0, 0.1) is 0 Å². The van der Waals surface area contributed by atoms with E-state index in [0.717, 1.165) is 24.0 Å². The van der Waals surface area contributed by atoms with Crippen molar-refractivity contribution in [2.45, 2.75) is 25.0 Å². The molecule has 0 radical (unpaired) electrons. The molecule has 1 aromatic rings. The van der Waals surface area contributed by atoms with E-state index in [4.69, 9.17) is 17.3 Å². The maximum atomic E-state index is 9.80. The molecule has 3 N–H and O–H groups in total. The summed E-state index contributed by atoms with van der Waals surface area (Å²) in [6.45, 7) is 0. The highest BCUT2D eigenvalue weighted by Crippen LogP contribution is 2.33. The van der Waals surface area contributed by atoms with Gasteiger partial charge in [0.2, 0.25) is 0 Å². The highest BCUT2D eigenvalue weighted by Gasteiger charge is 2.26. The Morgan fingerprint density at radius 1 is 1.46 bits per heavy atom. The number of aliphatic hydroxyl groups is 1. The third-order valence-corrected chi connectivity index (χ3v) is 2.92. The molecule has 2 rings (SSSR count). The molecule has 0 saturated heterocycles. The van der Waals surface area contributed by atoms with E-state index in [0.29, 0.717) is 5.02 Å². The molecule has 1 aliphatic carbocycles. The van der Waals surface area contributed by atoms with E-state index in [1.54, 1.807) is 6.07 Å². The van der Waals surface area contributed by atoms with Gasteiger partial charge in [0, 0.05) is 16.6 Å². The van der Waals surface area contributed by atoms with Gasteiger partial charge >= 0.3 is 0 Å². The fourth-order valence-corrected chi connectivity index (χ4v) is 2.13. The van der Waals surface area contributed by atoms with E-state index in [9.17, 15) is 5.11 Å². The second-order valence-corrected chi connectivity index (χ2v) is 3.87. The van der Waals surface area contributed by atoms with Gasteiger partial charge in [0.1, 0.15) is 0 Å². The molecular formula is C10H12ClNO. The van der Waals surface area contributed by atoms with E-state index in [1.165, 1.54) is 0 Å². The molecule has 3 heteroatoms. The molecule has 13 heavy (non-hydrogen) atoms. The summed E-state index contributed by atoms with van der Waals surface area (Å²) in [5.74, 6) is 0. The molecule has 0 bridgehead atoms. The third kappa shape index (κ3) is 1.46. The second kappa shape index (κ2) is 3.29. The molecule has 0 spiro atoms. The van der Waals surface area contributed by atoms with Gasteiger partial charge in [-0.05, 0) is 24.5 Å². The zero-order valence-corrected chi connectivity index (χ0v) is 7.96. The van der Waals surface area contributed by atoms with Crippen LogP contribution in [0.5, 0.6) is 0 Å². The van der Waals surface area contributed by atoms with Crippen LogP contribution in [0.15, 0.2) is 18.2 Å². The maximum Gasteiger partial charge on any atom is 0.0957 e. The number of hydrogen-bond acceptors (Lipinski definition) is 2. The predicted molar refractivity (Wildman–Crippen MR) is 52.7 cm³/mol. The Morgan fingerprint density at radius 3 is 3.00 bits per heavy atom. The van der Waals surface area contributed by atoms with Crippen LogP contribution in [-0.2, 0) is 6.42 Å². The smallest absolute Gasteiger partial charge is 0.0957 e. The minimum absolute atomic E-state index is 0.174. The topological polar surface area (TPSA) is 46.2 Å². The summed E-state index contributed by atoms with van der Waals surface area (Å²) in [5, 5.41) is 10.4. The number of benzene rings is 1. The number of aliphatic hydroxyl groups excluding tert-OH is 1. The Kier molecular flexibility index (Phi) is 2.28. The average Bonchev–Trinajstić information content (AvgIpc) is 2.12. The average molecular weight is 198 g/mol. The Hall–Kier alpha value is -0.570. The lowest BCUT2D eigenvalue weighted by Gasteiger charge is -2.27. The number of aryl methyl sites for hydroxylation is 1. The van der Waals surface area contributed by atoms with Crippen molar-refractivity contribution >= 4 is 11.6 Å². The molecule has 0 saturated carbocycles. The van der Waals surface area contributed by atoms with Gasteiger partial charge in [-0.25, -0.2) is 0 Å². The van der Waals surface area contributed by atoms with Crippen molar-refractivity contribution in [3.63, 3.8) is 0 Å². The summed E-state index contributed by atoms with van der Waals surface area (Å²) < 4.78 is 0. The molecule has 2 nitrogen and oxygen atoms in total. The van der Waals surface area contributed by atoms with Crippen molar-refractivity contribution in [3.8, 4) is 0 Å². The van der Waals surface area contributed by atoms with Gasteiger partial charge in [-0.2, -0.15) is 0 Å². The molecule has 0 aliphatic heterocycles. The van der Waals surface area contributed by atoms with Crippen molar-refractivity contribution < 1.29 is 5.11 Å². The molecule has 0 amide bonds. The molecule has 0 heterocycles. The largest absolute Gasteiger partial charge is 0.387 e. The van der Waals surface area contributed by atoms with Gasteiger partial charge in [0.15, 0.2) is 0 Å². The van der Waals surface area contributed by atoms with Gasteiger partial charge in [0.25, 0.3) is 0 Å². The molecule has 2 atom stereocenters. The van der Waals surface area contributed by atoms with Crippen molar-refractivity contribution in [3.05, 3.63) is 34.3 Å². The lowest BCUT2D eigenvalue weighted by atomic mass is 9.86. The summed E-state index contributed by atoms with van der Waals surface area (Å²) in [6.07, 6.45) is 1.14.